The Labute approximate surface area is 155 Å². The standard InChI is InChI=1S/C14H12F2N4O5S2/c15-9-3-7(4-10(16)8(9)1-6(21)2-11(17)18)27(24,25)20-13-12(14(22)23)19-5-26-13/h3-5,20H,1-2H2,(H3,17,18)(H,22,23). The molecule has 0 unspecified atom stereocenters. The molecule has 0 saturated carbocycles. The summed E-state index contributed by atoms with van der Waals surface area (Å²) in [6, 6.07) is 1.01. The molecule has 0 radical (unpaired) electrons. The van der Waals surface area contributed by atoms with Gasteiger partial charge in [0.15, 0.2) is 5.69 Å². The van der Waals surface area contributed by atoms with Crippen molar-refractivity contribution in [1.82, 2.24) is 4.98 Å². The number of benzene rings is 1. The zero-order valence-electron chi connectivity index (χ0n) is 13.3. The second kappa shape index (κ2) is 7.75. The van der Waals surface area contributed by atoms with E-state index in [2.05, 4.69) is 4.98 Å². The van der Waals surface area contributed by atoms with Gasteiger partial charge in [-0.1, -0.05) is 0 Å². The van der Waals surface area contributed by atoms with Crippen LogP contribution in [0.2, 0.25) is 0 Å². The Morgan fingerprint density at radius 2 is 1.89 bits per heavy atom. The van der Waals surface area contributed by atoms with Crippen LogP contribution in [0.4, 0.5) is 13.8 Å². The molecule has 144 valence electrons. The average Bonchev–Trinajstić information content (AvgIpc) is 2.97. The number of Topliss-reactive ketones (excluding diaryl/α,β-unsaturated/α-hetero) is 1. The molecular weight excluding hydrogens is 406 g/mol. The van der Waals surface area contributed by atoms with E-state index in [4.69, 9.17) is 16.2 Å². The lowest BCUT2D eigenvalue weighted by molar-refractivity contribution is -0.117. The summed E-state index contributed by atoms with van der Waals surface area (Å²) in [5, 5.41) is 15.6. The zero-order chi connectivity index (χ0) is 20.4. The molecule has 0 amide bonds. The number of thiazole rings is 1. The molecule has 0 aliphatic heterocycles. The normalized spacial score (nSPS) is 11.2. The van der Waals surface area contributed by atoms with Crippen LogP contribution in [0, 0.1) is 17.0 Å². The van der Waals surface area contributed by atoms with Gasteiger partial charge in [-0.25, -0.2) is 27.0 Å². The van der Waals surface area contributed by atoms with Crippen LogP contribution >= 0.6 is 11.3 Å². The molecule has 0 aliphatic carbocycles. The van der Waals surface area contributed by atoms with Crippen LogP contribution in [0.1, 0.15) is 22.5 Å². The largest absolute Gasteiger partial charge is 0.476 e. The Balaban J connectivity index is 2.33. The summed E-state index contributed by atoms with van der Waals surface area (Å²) in [5.74, 6) is -5.23. The number of carbonyl (C=O) groups is 2. The maximum atomic E-state index is 14.2. The van der Waals surface area contributed by atoms with E-state index in [-0.39, 0.29) is 5.00 Å². The molecular formula is C14H12F2N4O5S2. The number of halogens is 2. The first kappa shape index (κ1) is 20.4. The Morgan fingerprint density at radius 3 is 2.41 bits per heavy atom. The van der Waals surface area contributed by atoms with E-state index >= 15 is 0 Å². The number of aromatic carboxylic acids is 1. The number of hydrogen-bond acceptors (Lipinski definition) is 7. The van der Waals surface area contributed by atoms with Crippen molar-refractivity contribution in [3.8, 4) is 0 Å². The van der Waals surface area contributed by atoms with Gasteiger partial charge in [0.2, 0.25) is 0 Å². The van der Waals surface area contributed by atoms with Crippen molar-refractivity contribution in [2.45, 2.75) is 17.7 Å². The maximum Gasteiger partial charge on any atom is 0.357 e. The first-order valence-electron chi connectivity index (χ1n) is 7.03. The first-order valence-corrected chi connectivity index (χ1v) is 9.39. The summed E-state index contributed by atoms with van der Waals surface area (Å²) in [4.78, 5) is 25.2. The van der Waals surface area contributed by atoms with Gasteiger partial charge < -0.3 is 10.8 Å². The van der Waals surface area contributed by atoms with Gasteiger partial charge in [-0.05, 0) is 12.1 Å². The molecule has 1 heterocycles. The summed E-state index contributed by atoms with van der Waals surface area (Å²) in [6.07, 6.45) is -1.20. The molecule has 9 nitrogen and oxygen atoms in total. The highest BCUT2D eigenvalue weighted by Gasteiger charge is 2.24. The number of sulfonamides is 1. The van der Waals surface area contributed by atoms with E-state index in [0.717, 1.165) is 5.51 Å². The molecule has 5 N–H and O–H groups in total. The third-order valence-corrected chi connectivity index (χ3v) is 5.38. The van der Waals surface area contributed by atoms with E-state index in [9.17, 15) is 26.8 Å². The number of nitrogens with zero attached hydrogens (tertiary/aromatic N) is 1. The minimum atomic E-state index is -4.51. The molecule has 2 aromatic rings. The summed E-state index contributed by atoms with van der Waals surface area (Å²) >= 11 is 0.679. The van der Waals surface area contributed by atoms with E-state index in [0.29, 0.717) is 23.5 Å². The SMILES string of the molecule is N=C(N)CC(=O)Cc1c(F)cc(S(=O)(=O)Nc2scnc2C(=O)O)cc1F. The Morgan fingerprint density at radius 1 is 1.30 bits per heavy atom. The molecule has 1 aromatic heterocycles. The Bertz CT molecular complexity index is 1010. The highest BCUT2D eigenvalue weighted by atomic mass is 32.2. The number of carbonyl (C=O) groups excluding carboxylic acids is 1. The van der Waals surface area contributed by atoms with Crippen LogP contribution in [0.5, 0.6) is 0 Å². The lowest BCUT2D eigenvalue weighted by Gasteiger charge is -2.10. The summed E-state index contributed by atoms with van der Waals surface area (Å²) in [6.45, 7) is 0. The van der Waals surface area contributed by atoms with Gasteiger partial charge in [-0.15, -0.1) is 11.3 Å². The summed E-state index contributed by atoms with van der Waals surface area (Å²) in [7, 11) is -4.51. The fraction of sp³-hybridized carbons (Fsp3) is 0.143. The van der Waals surface area contributed by atoms with Crippen LogP contribution in [-0.2, 0) is 21.2 Å². The Hall–Kier alpha value is -2.93. The van der Waals surface area contributed by atoms with Gasteiger partial charge in [-0.2, -0.15) is 0 Å². The predicted molar refractivity (Wildman–Crippen MR) is 91.5 cm³/mol. The average molecular weight is 418 g/mol. The van der Waals surface area contributed by atoms with Crippen LogP contribution in [0.3, 0.4) is 0 Å². The molecule has 0 fully saturated rings. The minimum absolute atomic E-state index is 0.330. The third-order valence-electron chi connectivity index (χ3n) is 3.18. The maximum absolute atomic E-state index is 14.2. The van der Waals surface area contributed by atoms with Gasteiger partial charge >= 0.3 is 5.97 Å². The van der Waals surface area contributed by atoms with Crippen LogP contribution in [0.25, 0.3) is 0 Å². The minimum Gasteiger partial charge on any atom is -0.476 e. The van der Waals surface area contributed by atoms with Crippen molar-refractivity contribution in [1.29, 1.82) is 5.41 Å². The molecule has 0 atom stereocenters. The number of nitrogens with two attached hydrogens (primary N) is 1. The van der Waals surface area contributed by atoms with Gasteiger partial charge in [0.1, 0.15) is 22.4 Å². The molecule has 0 bridgehead atoms. The van der Waals surface area contributed by atoms with Crippen molar-refractivity contribution in [3.63, 3.8) is 0 Å². The Kier molecular flexibility index (Phi) is 5.85. The number of carboxylic acid groups (broad SMARTS) is 1. The first-order chi connectivity index (χ1) is 12.5. The molecule has 13 heteroatoms. The topological polar surface area (TPSA) is 163 Å². The number of aromatic nitrogens is 1. The van der Waals surface area contributed by atoms with Crippen LogP contribution < -0.4 is 10.5 Å². The molecule has 2 rings (SSSR count). The van der Waals surface area contributed by atoms with Crippen LogP contribution in [-0.4, -0.2) is 36.1 Å². The number of hydrogen-bond donors (Lipinski definition) is 4. The van der Waals surface area contributed by atoms with E-state index in [1.807, 2.05) is 4.72 Å². The van der Waals surface area contributed by atoms with Crippen molar-refractivity contribution < 1.29 is 31.9 Å². The molecule has 27 heavy (non-hydrogen) atoms. The number of anilines is 1. The number of rotatable bonds is 8. The van der Waals surface area contributed by atoms with Crippen molar-refractivity contribution >= 4 is 43.9 Å². The summed E-state index contributed by atoms with van der Waals surface area (Å²) in [5.41, 5.74) is 4.91. The van der Waals surface area contributed by atoms with Gasteiger partial charge in [0.25, 0.3) is 10.0 Å². The molecule has 0 spiro atoms. The van der Waals surface area contributed by atoms with Gasteiger partial charge in [-0.3, -0.25) is 14.9 Å². The van der Waals surface area contributed by atoms with Crippen molar-refractivity contribution in [2.24, 2.45) is 5.73 Å². The monoisotopic (exact) mass is 418 g/mol. The summed E-state index contributed by atoms with van der Waals surface area (Å²) < 4.78 is 54.8. The molecule has 0 aliphatic rings. The number of amidine groups is 1. The van der Waals surface area contributed by atoms with Gasteiger partial charge in [0.05, 0.1) is 22.7 Å². The lowest BCUT2D eigenvalue weighted by Crippen LogP contribution is -2.18. The number of nitrogens with one attached hydrogen (secondary N) is 2. The lowest BCUT2D eigenvalue weighted by atomic mass is 10.1. The fourth-order valence-corrected chi connectivity index (χ4v) is 4.04. The fourth-order valence-electron chi connectivity index (χ4n) is 2.03. The highest BCUT2D eigenvalue weighted by Crippen LogP contribution is 2.26. The molecule has 0 saturated heterocycles. The number of carboxylic acids is 1. The number of ketones is 1. The van der Waals surface area contributed by atoms with E-state index in [1.165, 1.54) is 0 Å². The second-order valence-corrected chi connectivity index (χ2v) is 7.76. The third kappa shape index (κ3) is 4.83. The van der Waals surface area contributed by atoms with E-state index in [1.54, 1.807) is 0 Å². The van der Waals surface area contributed by atoms with Crippen molar-refractivity contribution in [2.75, 3.05) is 4.72 Å². The second-order valence-electron chi connectivity index (χ2n) is 5.22. The predicted octanol–water partition coefficient (Wildman–Crippen LogP) is 1.36. The smallest absolute Gasteiger partial charge is 0.357 e. The van der Waals surface area contributed by atoms with Crippen LogP contribution in [0.15, 0.2) is 22.5 Å². The molecule has 1 aromatic carbocycles. The van der Waals surface area contributed by atoms with E-state index < -0.39 is 68.2 Å². The van der Waals surface area contributed by atoms with Crippen molar-refractivity contribution in [3.05, 3.63) is 40.5 Å². The highest BCUT2D eigenvalue weighted by molar-refractivity contribution is 7.93. The quantitative estimate of drug-likeness (QED) is 0.371. The van der Waals surface area contributed by atoms with Gasteiger partial charge in [0, 0.05) is 12.0 Å². The zero-order valence-corrected chi connectivity index (χ0v) is 15.0.